The van der Waals surface area contributed by atoms with E-state index >= 15 is 0 Å². The lowest BCUT2D eigenvalue weighted by atomic mass is 10.2. The lowest BCUT2D eigenvalue weighted by Gasteiger charge is -2.17. The standard InChI is InChI=1S/C15H24N2O2/c1-3-17(4-2)12-8-11-16-15(18)19-13-14-9-6-5-7-10-14/h5-7,9-10H,3-4,8,11-13H2,1-2H3,(H,16,18). The van der Waals surface area contributed by atoms with E-state index in [2.05, 4.69) is 24.1 Å². The van der Waals surface area contributed by atoms with Gasteiger partial charge in [0.05, 0.1) is 0 Å². The predicted molar refractivity (Wildman–Crippen MR) is 77.0 cm³/mol. The van der Waals surface area contributed by atoms with Gasteiger partial charge in [0.2, 0.25) is 0 Å². The molecule has 0 saturated carbocycles. The maximum absolute atomic E-state index is 11.5. The molecule has 4 heteroatoms. The van der Waals surface area contributed by atoms with Gasteiger partial charge < -0.3 is 15.0 Å². The molecule has 0 heterocycles. The molecular weight excluding hydrogens is 240 g/mol. The van der Waals surface area contributed by atoms with Crippen LogP contribution >= 0.6 is 0 Å². The molecule has 0 fully saturated rings. The molecular formula is C15H24N2O2. The van der Waals surface area contributed by atoms with Crippen molar-refractivity contribution in [2.24, 2.45) is 0 Å². The number of alkyl carbamates (subject to hydrolysis) is 1. The Morgan fingerprint density at radius 2 is 1.89 bits per heavy atom. The lowest BCUT2D eigenvalue weighted by molar-refractivity contribution is 0.139. The number of hydrogen-bond acceptors (Lipinski definition) is 3. The van der Waals surface area contributed by atoms with Gasteiger partial charge in [-0.25, -0.2) is 4.79 Å². The lowest BCUT2D eigenvalue weighted by Crippen LogP contribution is -2.30. The van der Waals surface area contributed by atoms with Crippen LogP contribution in [0.2, 0.25) is 0 Å². The third-order valence-electron chi connectivity index (χ3n) is 3.03. The quantitative estimate of drug-likeness (QED) is 0.734. The highest BCUT2D eigenvalue weighted by Gasteiger charge is 2.03. The molecule has 0 aromatic heterocycles. The summed E-state index contributed by atoms with van der Waals surface area (Å²) in [5, 5.41) is 2.77. The second-order valence-corrected chi connectivity index (χ2v) is 4.37. The van der Waals surface area contributed by atoms with Crippen molar-refractivity contribution in [1.29, 1.82) is 0 Å². The van der Waals surface area contributed by atoms with E-state index in [-0.39, 0.29) is 6.09 Å². The van der Waals surface area contributed by atoms with E-state index in [0.29, 0.717) is 13.2 Å². The normalized spacial score (nSPS) is 10.5. The molecule has 0 radical (unpaired) electrons. The van der Waals surface area contributed by atoms with E-state index in [0.717, 1.165) is 31.6 Å². The van der Waals surface area contributed by atoms with Crippen LogP contribution in [0.1, 0.15) is 25.8 Å². The number of carbonyl (C=O) groups is 1. The molecule has 0 bridgehead atoms. The van der Waals surface area contributed by atoms with Crippen molar-refractivity contribution < 1.29 is 9.53 Å². The van der Waals surface area contributed by atoms with Crippen LogP contribution in [0.5, 0.6) is 0 Å². The molecule has 1 aromatic carbocycles. The zero-order chi connectivity index (χ0) is 13.9. The first kappa shape index (κ1) is 15.5. The summed E-state index contributed by atoms with van der Waals surface area (Å²) in [4.78, 5) is 13.8. The van der Waals surface area contributed by atoms with Crippen molar-refractivity contribution in [1.82, 2.24) is 10.2 Å². The SMILES string of the molecule is CCN(CC)CCCNC(=O)OCc1ccccc1. The van der Waals surface area contributed by atoms with Gasteiger partial charge in [-0.15, -0.1) is 0 Å². The molecule has 106 valence electrons. The summed E-state index contributed by atoms with van der Waals surface area (Å²) < 4.78 is 5.12. The van der Waals surface area contributed by atoms with Crippen molar-refractivity contribution in [2.45, 2.75) is 26.9 Å². The molecule has 0 saturated heterocycles. The van der Waals surface area contributed by atoms with E-state index in [4.69, 9.17) is 4.74 Å². The first-order chi connectivity index (χ1) is 9.26. The van der Waals surface area contributed by atoms with Gasteiger partial charge in [0.25, 0.3) is 0 Å². The van der Waals surface area contributed by atoms with Gasteiger partial charge in [-0.2, -0.15) is 0 Å². The summed E-state index contributed by atoms with van der Waals surface area (Å²) in [7, 11) is 0. The summed E-state index contributed by atoms with van der Waals surface area (Å²) >= 11 is 0. The molecule has 0 aliphatic rings. The Labute approximate surface area is 115 Å². The van der Waals surface area contributed by atoms with Crippen molar-refractivity contribution in [3.8, 4) is 0 Å². The third kappa shape index (κ3) is 6.82. The monoisotopic (exact) mass is 264 g/mol. The van der Waals surface area contributed by atoms with Gasteiger partial charge in [0, 0.05) is 6.54 Å². The van der Waals surface area contributed by atoms with Crippen LogP contribution in [0.3, 0.4) is 0 Å². The van der Waals surface area contributed by atoms with Crippen LogP contribution in [-0.2, 0) is 11.3 Å². The fourth-order valence-corrected chi connectivity index (χ4v) is 1.81. The minimum atomic E-state index is -0.344. The van der Waals surface area contributed by atoms with E-state index in [9.17, 15) is 4.79 Å². The van der Waals surface area contributed by atoms with Crippen molar-refractivity contribution >= 4 is 6.09 Å². The van der Waals surface area contributed by atoms with Gasteiger partial charge in [0.15, 0.2) is 0 Å². The molecule has 1 rings (SSSR count). The van der Waals surface area contributed by atoms with Gasteiger partial charge >= 0.3 is 6.09 Å². The third-order valence-corrected chi connectivity index (χ3v) is 3.03. The fraction of sp³-hybridized carbons (Fsp3) is 0.533. The molecule has 19 heavy (non-hydrogen) atoms. The number of carbonyl (C=O) groups excluding carboxylic acids is 1. The highest BCUT2D eigenvalue weighted by molar-refractivity contribution is 5.67. The summed E-state index contributed by atoms with van der Waals surface area (Å²) in [6.07, 6.45) is 0.602. The Kier molecular flexibility index (Phi) is 7.66. The van der Waals surface area contributed by atoms with E-state index in [1.54, 1.807) is 0 Å². The topological polar surface area (TPSA) is 41.6 Å². The van der Waals surface area contributed by atoms with Crippen molar-refractivity contribution in [3.63, 3.8) is 0 Å². The van der Waals surface area contributed by atoms with Crippen LogP contribution in [0.25, 0.3) is 0 Å². The number of nitrogens with one attached hydrogen (secondary N) is 1. The highest BCUT2D eigenvalue weighted by atomic mass is 16.5. The number of ether oxygens (including phenoxy) is 1. The van der Waals surface area contributed by atoms with Gasteiger partial charge in [-0.1, -0.05) is 44.2 Å². The van der Waals surface area contributed by atoms with Gasteiger partial charge in [0.1, 0.15) is 6.61 Å². The van der Waals surface area contributed by atoms with Crippen LogP contribution < -0.4 is 5.32 Å². The number of hydrogen-bond donors (Lipinski definition) is 1. The second-order valence-electron chi connectivity index (χ2n) is 4.37. The predicted octanol–water partition coefficient (Wildman–Crippen LogP) is 2.64. The summed E-state index contributed by atoms with van der Waals surface area (Å²) in [6.45, 7) is 8.37. The number of amides is 1. The Morgan fingerprint density at radius 3 is 2.53 bits per heavy atom. The molecule has 0 unspecified atom stereocenters. The summed E-state index contributed by atoms with van der Waals surface area (Å²) in [6, 6.07) is 9.68. The van der Waals surface area contributed by atoms with Crippen molar-refractivity contribution in [2.75, 3.05) is 26.2 Å². The molecule has 1 aromatic rings. The zero-order valence-electron chi connectivity index (χ0n) is 11.9. The second kappa shape index (κ2) is 9.39. The minimum absolute atomic E-state index is 0.322. The van der Waals surface area contributed by atoms with Gasteiger partial charge in [-0.3, -0.25) is 0 Å². The molecule has 0 aliphatic carbocycles. The Morgan fingerprint density at radius 1 is 1.21 bits per heavy atom. The van der Waals surface area contributed by atoms with Crippen LogP contribution in [-0.4, -0.2) is 37.2 Å². The molecule has 1 N–H and O–H groups in total. The number of nitrogens with zero attached hydrogens (tertiary/aromatic N) is 1. The first-order valence-electron chi connectivity index (χ1n) is 6.93. The van der Waals surface area contributed by atoms with Crippen LogP contribution in [0.15, 0.2) is 30.3 Å². The van der Waals surface area contributed by atoms with Crippen molar-refractivity contribution in [3.05, 3.63) is 35.9 Å². The molecule has 0 atom stereocenters. The van der Waals surface area contributed by atoms with Gasteiger partial charge in [-0.05, 0) is 31.6 Å². The average Bonchev–Trinajstić information content (AvgIpc) is 2.46. The minimum Gasteiger partial charge on any atom is -0.445 e. The maximum Gasteiger partial charge on any atom is 0.407 e. The fourth-order valence-electron chi connectivity index (χ4n) is 1.81. The summed E-state index contributed by atoms with van der Waals surface area (Å²) in [5.41, 5.74) is 1.00. The Balaban J connectivity index is 2.08. The Bertz CT molecular complexity index is 350. The maximum atomic E-state index is 11.5. The largest absolute Gasteiger partial charge is 0.445 e. The number of rotatable bonds is 8. The van der Waals surface area contributed by atoms with E-state index in [1.807, 2.05) is 30.3 Å². The van der Waals surface area contributed by atoms with Crippen LogP contribution in [0.4, 0.5) is 4.79 Å². The smallest absolute Gasteiger partial charge is 0.407 e. The first-order valence-corrected chi connectivity index (χ1v) is 6.93. The Hall–Kier alpha value is -1.55. The van der Waals surface area contributed by atoms with Crippen LogP contribution in [0, 0.1) is 0 Å². The molecule has 1 amide bonds. The molecule has 0 spiro atoms. The summed E-state index contributed by atoms with van der Waals surface area (Å²) in [5.74, 6) is 0. The molecule has 0 aliphatic heterocycles. The highest BCUT2D eigenvalue weighted by Crippen LogP contribution is 2.00. The number of benzene rings is 1. The van der Waals surface area contributed by atoms with E-state index in [1.165, 1.54) is 0 Å². The van der Waals surface area contributed by atoms with E-state index < -0.39 is 0 Å². The molecule has 4 nitrogen and oxygen atoms in total. The average molecular weight is 264 g/mol. The zero-order valence-corrected chi connectivity index (χ0v) is 11.9.